The lowest BCUT2D eigenvalue weighted by Gasteiger charge is -2.07. The molecule has 1 aromatic carbocycles. The number of methoxy groups -OCH3 is 1. The molecule has 6 heteroatoms. The zero-order chi connectivity index (χ0) is 13.1. The molecule has 0 aliphatic rings. The lowest BCUT2D eigenvalue weighted by molar-refractivity contribution is 0.386. The van der Waals surface area contributed by atoms with E-state index in [1.165, 1.54) is 36.2 Å². The van der Waals surface area contributed by atoms with Crippen molar-refractivity contribution in [3.8, 4) is 5.75 Å². The van der Waals surface area contributed by atoms with Crippen LogP contribution in [0.3, 0.4) is 0 Å². The Bertz CT molecular complexity index is 628. The molecule has 0 aliphatic carbocycles. The summed E-state index contributed by atoms with van der Waals surface area (Å²) < 4.78 is 19.7. The second-order valence-electron chi connectivity index (χ2n) is 3.62. The molecule has 0 N–H and O–H groups in total. The molecule has 0 saturated heterocycles. The summed E-state index contributed by atoms with van der Waals surface area (Å²) in [5.41, 5.74) is 0.230. The molecule has 2 aromatic rings. The number of ether oxygens (including phenoxy) is 1. The number of hydrogen-bond acceptors (Lipinski definition) is 3. The van der Waals surface area contributed by atoms with Crippen molar-refractivity contribution < 1.29 is 9.13 Å². The number of aromatic nitrogens is 2. The lowest BCUT2D eigenvalue weighted by atomic mass is 10.2. The fraction of sp³-hybridized carbons (Fsp3) is 0.167. The minimum Gasteiger partial charge on any atom is -0.494 e. The molecule has 0 atom stereocenters. The van der Waals surface area contributed by atoms with Gasteiger partial charge in [-0.1, -0.05) is 17.7 Å². The highest BCUT2D eigenvalue weighted by Crippen LogP contribution is 2.17. The van der Waals surface area contributed by atoms with Crippen LogP contribution < -0.4 is 10.3 Å². The van der Waals surface area contributed by atoms with Gasteiger partial charge in [0.1, 0.15) is 0 Å². The van der Waals surface area contributed by atoms with Crippen LogP contribution in [0, 0.1) is 5.82 Å². The Morgan fingerprint density at radius 3 is 2.94 bits per heavy atom. The van der Waals surface area contributed by atoms with E-state index in [1.807, 2.05) is 0 Å². The van der Waals surface area contributed by atoms with Gasteiger partial charge in [0.2, 0.25) is 0 Å². The van der Waals surface area contributed by atoms with E-state index in [-0.39, 0.29) is 17.4 Å². The molecule has 0 unspecified atom stereocenters. The first-order valence-electron chi connectivity index (χ1n) is 5.15. The van der Waals surface area contributed by atoms with Crippen LogP contribution in [0.2, 0.25) is 5.15 Å². The van der Waals surface area contributed by atoms with E-state index < -0.39 is 11.4 Å². The van der Waals surface area contributed by atoms with E-state index in [0.717, 1.165) is 0 Å². The Kier molecular flexibility index (Phi) is 3.62. The van der Waals surface area contributed by atoms with Crippen LogP contribution in [-0.4, -0.2) is 16.7 Å². The minimum absolute atomic E-state index is 0.105. The third-order valence-electron chi connectivity index (χ3n) is 2.44. The van der Waals surface area contributed by atoms with Crippen molar-refractivity contribution in [1.82, 2.24) is 9.55 Å². The van der Waals surface area contributed by atoms with Crippen LogP contribution in [0.15, 0.2) is 35.4 Å². The lowest BCUT2D eigenvalue weighted by Crippen LogP contribution is -2.21. The predicted octanol–water partition coefficient (Wildman–Crippen LogP) is 2.09. The zero-order valence-electron chi connectivity index (χ0n) is 9.56. The van der Waals surface area contributed by atoms with Crippen molar-refractivity contribution in [2.45, 2.75) is 6.54 Å². The van der Waals surface area contributed by atoms with E-state index in [1.54, 1.807) is 6.07 Å². The molecule has 0 radical (unpaired) electrons. The summed E-state index contributed by atoms with van der Waals surface area (Å²) in [5.74, 6) is -0.304. The van der Waals surface area contributed by atoms with Crippen LogP contribution in [0.5, 0.6) is 5.75 Å². The standard InChI is InChI=1S/C12H10ClFN2O2/c1-18-10-3-2-8(6-9(10)14)7-16-5-4-15-11(13)12(16)17/h2-6H,7H2,1H3. The summed E-state index contributed by atoms with van der Waals surface area (Å²) in [6, 6.07) is 4.51. The van der Waals surface area contributed by atoms with Crippen molar-refractivity contribution in [2.75, 3.05) is 7.11 Å². The van der Waals surface area contributed by atoms with Crippen molar-refractivity contribution in [3.05, 3.63) is 57.5 Å². The van der Waals surface area contributed by atoms with Gasteiger partial charge in [-0.25, -0.2) is 9.37 Å². The van der Waals surface area contributed by atoms with Gasteiger partial charge < -0.3 is 9.30 Å². The molecule has 18 heavy (non-hydrogen) atoms. The molecule has 1 aromatic heterocycles. The topological polar surface area (TPSA) is 44.1 Å². The number of hydrogen-bond donors (Lipinski definition) is 0. The average molecular weight is 269 g/mol. The van der Waals surface area contributed by atoms with Gasteiger partial charge in [-0.2, -0.15) is 0 Å². The second-order valence-corrected chi connectivity index (χ2v) is 3.98. The molecule has 0 bridgehead atoms. The van der Waals surface area contributed by atoms with Crippen LogP contribution in [0.1, 0.15) is 5.56 Å². The predicted molar refractivity (Wildman–Crippen MR) is 65.6 cm³/mol. The van der Waals surface area contributed by atoms with Crippen LogP contribution in [-0.2, 0) is 6.54 Å². The van der Waals surface area contributed by atoms with E-state index in [9.17, 15) is 9.18 Å². The normalized spacial score (nSPS) is 10.4. The van der Waals surface area contributed by atoms with Gasteiger partial charge >= 0.3 is 0 Å². The van der Waals surface area contributed by atoms with Gasteiger partial charge in [-0.15, -0.1) is 0 Å². The summed E-state index contributed by atoms with van der Waals surface area (Å²) in [7, 11) is 1.39. The highest BCUT2D eigenvalue weighted by Gasteiger charge is 2.06. The fourth-order valence-corrected chi connectivity index (χ4v) is 1.72. The Labute approximate surface area is 108 Å². The van der Waals surface area contributed by atoms with Gasteiger partial charge in [0.05, 0.1) is 13.7 Å². The molecule has 4 nitrogen and oxygen atoms in total. The van der Waals surface area contributed by atoms with Gasteiger partial charge in [0.25, 0.3) is 5.56 Å². The highest BCUT2D eigenvalue weighted by molar-refractivity contribution is 6.29. The van der Waals surface area contributed by atoms with Crippen molar-refractivity contribution in [1.29, 1.82) is 0 Å². The van der Waals surface area contributed by atoms with Crippen LogP contribution in [0.25, 0.3) is 0 Å². The van der Waals surface area contributed by atoms with Gasteiger partial charge in [-0.3, -0.25) is 4.79 Å². The quantitative estimate of drug-likeness (QED) is 0.856. The Morgan fingerprint density at radius 2 is 2.28 bits per heavy atom. The monoisotopic (exact) mass is 268 g/mol. The summed E-state index contributed by atoms with van der Waals surface area (Å²) >= 11 is 5.62. The Balaban J connectivity index is 2.32. The molecule has 94 valence electrons. The molecule has 0 fully saturated rings. The van der Waals surface area contributed by atoms with Gasteiger partial charge in [0.15, 0.2) is 16.7 Å². The average Bonchev–Trinajstić information content (AvgIpc) is 2.35. The molecular formula is C12H10ClFN2O2. The summed E-state index contributed by atoms with van der Waals surface area (Å²) in [6.45, 7) is 0.224. The van der Waals surface area contributed by atoms with E-state index in [2.05, 4.69) is 4.98 Å². The second kappa shape index (κ2) is 5.18. The van der Waals surface area contributed by atoms with Crippen molar-refractivity contribution in [3.63, 3.8) is 0 Å². The summed E-state index contributed by atoms with van der Waals surface area (Å²) in [4.78, 5) is 15.3. The van der Waals surface area contributed by atoms with Crippen LogP contribution in [0.4, 0.5) is 4.39 Å². The highest BCUT2D eigenvalue weighted by atomic mass is 35.5. The summed E-state index contributed by atoms with van der Waals surface area (Å²) in [5, 5.41) is -0.105. The number of rotatable bonds is 3. The first-order valence-corrected chi connectivity index (χ1v) is 5.53. The largest absolute Gasteiger partial charge is 0.494 e. The smallest absolute Gasteiger partial charge is 0.288 e. The van der Waals surface area contributed by atoms with E-state index in [0.29, 0.717) is 5.56 Å². The van der Waals surface area contributed by atoms with Gasteiger partial charge in [0, 0.05) is 12.4 Å². The Morgan fingerprint density at radius 1 is 1.50 bits per heavy atom. The number of benzene rings is 1. The molecule has 2 rings (SSSR count). The summed E-state index contributed by atoms with van der Waals surface area (Å²) in [6.07, 6.45) is 2.92. The Hall–Kier alpha value is -1.88. The molecule has 0 saturated carbocycles. The first kappa shape index (κ1) is 12.6. The fourth-order valence-electron chi connectivity index (χ4n) is 1.55. The maximum absolute atomic E-state index is 13.5. The molecule has 1 heterocycles. The molecule has 0 aliphatic heterocycles. The minimum atomic E-state index is -0.469. The maximum Gasteiger partial charge on any atom is 0.288 e. The SMILES string of the molecule is COc1ccc(Cn2ccnc(Cl)c2=O)cc1F. The molecule has 0 spiro atoms. The van der Waals surface area contributed by atoms with E-state index >= 15 is 0 Å². The number of nitrogens with zero attached hydrogens (tertiary/aromatic N) is 2. The van der Waals surface area contributed by atoms with Crippen molar-refractivity contribution in [2.24, 2.45) is 0 Å². The van der Waals surface area contributed by atoms with Crippen molar-refractivity contribution >= 4 is 11.6 Å². The third-order valence-corrected chi connectivity index (χ3v) is 2.70. The zero-order valence-corrected chi connectivity index (χ0v) is 10.3. The first-order chi connectivity index (χ1) is 8.61. The van der Waals surface area contributed by atoms with Gasteiger partial charge in [-0.05, 0) is 17.7 Å². The molecule has 0 amide bonds. The van der Waals surface area contributed by atoms with Crippen LogP contribution >= 0.6 is 11.6 Å². The number of halogens is 2. The molecular weight excluding hydrogens is 259 g/mol. The van der Waals surface area contributed by atoms with E-state index in [4.69, 9.17) is 16.3 Å². The maximum atomic E-state index is 13.5. The third kappa shape index (κ3) is 2.51.